The van der Waals surface area contributed by atoms with Crippen molar-refractivity contribution in [1.29, 1.82) is 0 Å². The third kappa shape index (κ3) is 5.74. The summed E-state index contributed by atoms with van der Waals surface area (Å²) < 4.78 is 5.48. The SMILES string of the molecule is CC.CN1CCOC(CC(=O)N(C)C)C1. The molecule has 0 aromatic heterocycles. The number of amides is 1. The normalized spacial score (nSPS) is 21.5. The highest BCUT2D eigenvalue weighted by atomic mass is 16.5. The number of hydrogen-bond acceptors (Lipinski definition) is 3. The van der Waals surface area contributed by atoms with Crippen LogP contribution in [0.15, 0.2) is 0 Å². The van der Waals surface area contributed by atoms with Gasteiger partial charge < -0.3 is 14.5 Å². The van der Waals surface area contributed by atoms with Crippen LogP contribution in [-0.4, -0.2) is 62.7 Å². The number of hydrogen-bond donors (Lipinski definition) is 0. The number of morpholine rings is 1. The highest BCUT2D eigenvalue weighted by Gasteiger charge is 2.21. The Kier molecular flexibility index (Phi) is 7.34. The number of carbonyl (C=O) groups excluding carboxylic acids is 1. The van der Waals surface area contributed by atoms with Gasteiger partial charge in [0.05, 0.1) is 19.1 Å². The van der Waals surface area contributed by atoms with Crippen molar-refractivity contribution in [3.63, 3.8) is 0 Å². The van der Waals surface area contributed by atoms with E-state index in [2.05, 4.69) is 11.9 Å². The molecule has 1 aliphatic rings. The van der Waals surface area contributed by atoms with Gasteiger partial charge >= 0.3 is 0 Å². The molecular formula is C11H24N2O2. The van der Waals surface area contributed by atoms with E-state index >= 15 is 0 Å². The van der Waals surface area contributed by atoms with Crippen LogP contribution in [0.2, 0.25) is 0 Å². The average Bonchev–Trinajstić information content (AvgIpc) is 2.20. The maximum Gasteiger partial charge on any atom is 0.224 e. The molecule has 0 aromatic carbocycles. The first-order chi connectivity index (χ1) is 7.09. The smallest absolute Gasteiger partial charge is 0.224 e. The molecule has 0 N–H and O–H groups in total. The number of rotatable bonds is 2. The van der Waals surface area contributed by atoms with Gasteiger partial charge in [0.25, 0.3) is 0 Å². The Hall–Kier alpha value is -0.610. The van der Waals surface area contributed by atoms with Crippen molar-refractivity contribution >= 4 is 5.91 Å². The predicted octanol–water partition coefficient (Wildman–Crippen LogP) is 0.822. The van der Waals surface area contributed by atoms with E-state index in [1.165, 1.54) is 0 Å². The second-order valence-corrected chi connectivity index (χ2v) is 3.75. The predicted molar refractivity (Wildman–Crippen MR) is 61.9 cm³/mol. The molecular weight excluding hydrogens is 192 g/mol. The molecule has 1 fully saturated rings. The molecule has 0 aromatic rings. The highest BCUT2D eigenvalue weighted by Crippen LogP contribution is 2.07. The Bertz CT molecular complexity index is 183. The zero-order valence-corrected chi connectivity index (χ0v) is 10.6. The van der Waals surface area contributed by atoms with E-state index in [1.54, 1.807) is 19.0 Å². The van der Waals surface area contributed by atoms with Crippen LogP contribution in [0.4, 0.5) is 0 Å². The van der Waals surface area contributed by atoms with Crippen molar-refractivity contribution < 1.29 is 9.53 Å². The van der Waals surface area contributed by atoms with Gasteiger partial charge in [-0.3, -0.25) is 4.79 Å². The minimum atomic E-state index is 0.0775. The molecule has 1 aliphatic heterocycles. The van der Waals surface area contributed by atoms with Gasteiger partial charge in [-0.2, -0.15) is 0 Å². The van der Waals surface area contributed by atoms with Gasteiger partial charge in [-0.15, -0.1) is 0 Å². The summed E-state index contributed by atoms with van der Waals surface area (Å²) in [7, 11) is 5.60. The van der Waals surface area contributed by atoms with Gasteiger partial charge in [0.1, 0.15) is 0 Å². The van der Waals surface area contributed by atoms with E-state index in [9.17, 15) is 4.79 Å². The van der Waals surface area contributed by atoms with Crippen molar-refractivity contribution in [1.82, 2.24) is 9.80 Å². The Balaban J connectivity index is 0.000000921. The van der Waals surface area contributed by atoms with Gasteiger partial charge in [-0.05, 0) is 7.05 Å². The van der Waals surface area contributed by atoms with E-state index in [4.69, 9.17) is 4.74 Å². The number of ether oxygens (including phenoxy) is 1. The molecule has 1 amide bonds. The molecule has 1 saturated heterocycles. The lowest BCUT2D eigenvalue weighted by Gasteiger charge is -2.30. The third-order valence-corrected chi connectivity index (χ3v) is 2.24. The summed E-state index contributed by atoms with van der Waals surface area (Å²) in [5.41, 5.74) is 0. The van der Waals surface area contributed by atoms with Gasteiger partial charge in [-0.1, -0.05) is 13.8 Å². The van der Waals surface area contributed by atoms with E-state index in [0.29, 0.717) is 6.42 Å². The second kappa shape index (κ2) is 7.65. The molecule has 0 aliphatic carbocycles. The first kappa shape index (κ1) is 14.4. The summed E-state index contributed by atoms with van der Waals surface area (Å²) >= 11 is 0. The third-order valence-electron chi connectivity index (χ3n) is 2.24. The second-order valence-electron chi connectivity index (χ2n) is 3.75. The van der Waals surface area contributed by atoms with E-state index < -0.39 is 0 Å². The first-order valence-electron chi connectivity index (χ1n) is 5.60. The van der Waals surface area contributed by atoms with Crippen LogP contribution < -0.4 is 0 Å². The fourth-order valence-electron chi connectivity index (χ4n) is 1.37. The molecule has 1 atom stereocenters. The molecule has 15 heavy (non-hydrogen) atoms. The maximum absolute atomic E-state index is 11.3. The first-order valence-corrected chi connectivity index (χ1v) is 5.60. The molecule has 1 rings (SSSR count). The largest absolute Gasteiger partial charge is 0.375 e. The number of carbonyl (C=O) groups is 1. The summed E-state index contributed by atoms with van der Waals surface area (Å²) in [5, 5.41) is 0. The average molecular weight is 216 g/mol. The Morgan fingerprint density at radius 2 is 2.07 bits per heavy atom. The van der Waals surface area contributed by atoms with Crippen molar-refractivity contribution in [3.8, 4) is 0 Å². The minimum absolute atomic E-state index is 0.0775. The van der Waals surface area contributed by atoms with Gasteiger partial charge in [0, 0.05) is 27.2 Å². The monoisotopic (exact) mass is 216 g/mol. The standard InChI is InChI=1S/C9H18N2O2.C2H6/c1-10(2)9(12)6-8-7-11(3)4-5-13-8;1-2/h8H,4-7H2,1-3H3;1-2H3. The maximum atomic E-state index is 11.3. The number of nitrogens with zero attached hydrogens (tertiary/aromatic N) is 2. The van der Waals surface area contributed by atoms with Crippen molar-refractivity contribution in [2.45, 2.75) is 26.4 Å². The molecule has 1 unspecified atom stereocenters. The van der Waals surface area contributed by atoms with Crippen LogP contribution in [0, 0.1) is 0 Å². The molecule has 0 saturated carbocycles. The zero-order valence-electron chi connectivity index (χ0n) is 10.6. The lowest BCUT2D eigenvalue weighted by atomic mass is 10.2. The molecule has 4 nitrogen and oxygen atoms in total. The lowest BCUT2D eigenvalue weighted by molar-refractivity contribution is -0.133. The van der Waals surface area contributed by atoms with Crippen molar-refractivity contribution in [2.75, 3.05) is 40.8 Å². The van der Waals surface area contributed by atoms with Gasteiger partial charge in [0.15, 0.2) is 0 Å². The van der Waals surface area contributed by atoms with Gasteiger partial charge in [0.2, 0.25) is 5.91 Å². The Morgan fingerprint density at radius 1 is 1.47 bits per heavy atom. The van der Waals surface area contributed by atoms with E-state index in [0.717, 1.165) is 19.7 Å². The molecule has 0 bridgehead atoms. The summed E-state index contributed by atoms with van der Waals surface area (Å²) in [4.78, 5) is 15.1. The van der Waals surface area contributed by atoms with Crippen molar-refractivity contribution in [2.24, 2.45) is 0 Å². The molecule has 0 spiro atoms. The summed E-state index contributed by atoms with van der Waals surface area (Å²) in [5.74, 6) is 0.139. The molecule has 0 radical (unpaired) electrons. The highest BCUT2D eigenvalue weighted by molar-refractivity contribution is 5.76. The minimum Gasteiger partial charge on any atom is -0.375 e. The molecule has 4 heteroatoms. The zero-order chi connectivity index (χ0) is 11.8. The van der Waals surface area contributed by atoms with Crippen molar-refractivity contribution in [3.05, 3.63) is 0 Å². The Labute approximate surface area is 93.2 Å². The van der Waals surface area contributed by atoms with Crippen LogP contribution in [0.3, 0.4) is 0 Å². The van der Waals surface area contributed by atoms with E-state index in [1.807, 2.05) is 13.8 Å². The van der Waals surface area contributed by atoms with Crippen LogP contribution in [-0.2, 0) is 9.53 Å². The van der Waals surface area contributed by atoms with Crippen LogP contribution in [0.1, 0.15) is 20.3 Å². The summed E-state index contributed by atoms with van der Waals surface area (Å²) in [6.07, 6.45) is 0.575. The van der Waals surface area contributed by atoms with Crippen LogP contribution >= 0.6 is 0 Å². The fraction of sp³-hybridized carbons (Fsp3) is 0.909. The fourth-order valence-corrected chi connectivity index (χ4v) is 1.37. The van der Waals surface area contributed by atoms with Gasteiger partial charge in [-0.25, -0.2) is 0 Å². The molecule has 1 heterocycles. The molecule has 90 valence electrons. The van der Waals surface area contributed by atoms with Crippen LogP contribution in [0.5, 0.6) is 0 Å². The number of likely N-dealkylation sites (N-methyl/N-ethyl adjacent to an activating group) is 1. The van der Waals surface area contributed by atoms with Crippen LogP contribution in [0.25, 0.3) is 0 Å². The quantitative estimate of drug-likeness (QED) is 0.685. The van der Waals surface area contributed by atoms with E-state index in [-0.39, 0.29) is 12.0 Å². The topological polar surface area (TPSA) is 32.8 Å². The Morgan fingerprint density at radius 3 is 2.53 bits per heavy atom. The lowest BCUT2D eigenvalue weighted by Crippen LogP contribution is -2.42. The summed E-state index contributed by atoms with van der Waals surface area (Å²) in [6.45, 7) is 6.56. The summed E-state index contributed by atoms with van der Waals surface area (Å²) in [6, 6.07) is 0.